The maximum Gasteiger partial charge on any atom is 0.0948 e. The van der Waals surface area contributed by atoms with Gasteiger partial charge >= 0.3 is 0 Å². The third-order valence-electron chi connectivity index (χ3n) is 4.31. The summed E-state index contributed by atoms with van der Waals surface area (Å²) < 4.78 is 7.37. The van der Waals surface area contributed by atoms with E-state index in [0.29, 0.717) is 0 Å². The zero-order chi connectivity index (χ0) is 13.5. The lowest BCUT2D eigenvalue weighted by Gasteiger charge is -2.29. The van der Waals surface area contributed by atoms with Gasteiger partial charge in [-0.3, -0.25) is 0 Å². The van der Waals surface area contributed by atoms with Crippen LogP contribution in [0.1, 0.15) is 38.3 Å². The van der Waals surface area contributed by atoms with E-state index >= 15 is 0 Å². The number of nitrogens with zero attached hydrogens (tertiary/aromatic N) is 2. The molecule has 0 amide bonds. The van der Waals surface area contributed by atoms with Crippen molar-refractivity contribution in [3.05, 3.63) is 18.2 Å². The molecule has 2 atom stereocenters. The Morgan fingerprint density at radius 1 is 1.42 bits per heavy atom. The van der Waals surface area contributed by atoms with Gasteiger partial charge in [-0.1, -0.05) is 26.2 Å². The van der Waals surface area contributed by atoms with E-state index in [4.69, 9.17) is 4.74 Å². The third-order valence-corrected chi connectivity index (χ3v) is 4.31. The Bertz CT molecular complexity index is 364. The third kappa shape index (κ3) is 4.32. The molecule has 0 spiro atoms. The second-order valence-electron chi connectivity index (χ2n) is 5.73. The Hall–Kier alpha value is -0.870. The lowest BCUT2D eigenvalue weighted by molar-refractivity contribution is 0.198. The summed E-state index contributed by atoms with van der Waals surface area (Å²) in [6.45, 7) is 6.06. The van der Waals surface area contributed by atoms with Crippen LogP contribution in [-0.4, -0.2) is 29.8 Å². The van der Waals surface area contributed by atoms with Crippen molar-refractivity contribution >= 4 is 0 Å². The smallest absolute Gasteiger partial charge is 0.0948 e. The van der Waals surface area contributed by atoms with E-state index in [2.05, 4.69) is 21.8 Å². The predicted molar refractivity (Wildman–Crippen MR) is 76.9 cm³/mol. The maximum absolute atomic E-state index is 5.04. The van der Waals surface area contributed by atoms with Crippen LogP contribution in [0.5, 0.6) is 0 Å². The largest absolute Gasteiger partial charge is 0.383 e. The molecule has 0 saturated heterocycles. The minimum Gasteiger partial charge on any atom is -0.383 e. The lowest BCUT2D eigenvalue weighted by atomic mass is 9.80. The average molecular weight is 265 g/mol. The molecule has 4 heteroatoms. The fraction of sp³-hybridized carbons (Fsp3) is 0.800. The van der Waals surface area contributed by atoms with Gasteiger partial charge in [-0.2, -0.15) is 0 Å². The molecule has 19 heavy (non-hydrogen) atoms. The Morgan fingerprint density at radius 3 is 3.05 bits per heavy atom. The zero-order valence-corrected chi connectivity index (χ0v) is 12.3. The number of hydrogen-bond acceptors (Lipinski definition) is 3. The van der Waals surface area contributed by atoms with Crippen molar-refractivity contribution in [2.45, 2.75) is 45.7 Å². The van der Waals surface area contributed by atoms with Crippen LogP contribution in [0.2, 0.25) is 0 Å². The minimum absolute atomic E-state index is 0.758. The highest BCUT2D eigenvalue weighted by atomic mass is 16.5. The molecule has 4 nitrogen and oxygen atoms in total. The monoisotopic (exact) mass is 265 g/mol. The topological polar surface area (TPSA) is 39.1 Å². The molecule has 1 aliphatic rings. The highest BCUT2D eigenvalue weighted by Crippen LogP contribution is 2.30. The molecule has 1 aromatic heterocycles. The van der Waals surface area contributed by atoms with Gasteiger partial charge in [-0.25, -0.2) is 4.98 Å². The number of nitrogens with one attached hydrogen (secondary N) is 1. The van der Waals surface area contributed by atoms with E-state index in [1.54, 1.807) is 7.11 Å². The highest BCUT2D eigenvalue weighted by molar-refractivity contribution is 4.98. The van der Waals surface area contributed by atoms with Gasteiger partial charge in [-0.15, -0.1) is 0 Å². The van der Waals surface area contributed by atoms with Crippen molar-refractivity contribution in [1.29, 1.82) is 0 Å². The summed E-state index contributed by atoms with van der Waals surface area (Å²) >= 11 is 0. The molecular weight excluding hydrogens is 238 g/mol. The molecule has 1 aliphatic carbocycles. The molecule has 2 rings (SSSR count). The molecule has 0 aromatic carbocycles. The number of rotatable bonds is 7. The summed E-state index contributed by atoms with van der Waals surface area (Å²) in [5.74, 6) is 1.67. The number of ether oxygens (including phenoxy) is 1. The van der Waals surface area contributed by atoms with E-state index in [0.717, 1.165) is 38.1 Å². The molecule has 2 unspecified atom stereocenters. The standard InChI is InChI=1S/C15H27N3O/c1-13-5-3-4-6-14(13)11-18-12-17-10-15(18)9-16-7-8-19-2/h10,12-14,16H,3-9,11H2,1-2H3. The predicted octanol–water partition coefficient (Wildman–Crippen LogP) is 2.45. The number of methoxy groups -OCH3 is 1. The Labute approximate surface area is 116 Å². The normalized spacial score (nSPS) is 23.7. The van der Waals surface area contributed by atoms with Gasteiger partial charge in [0.15, 0.2) is 0 Å². The summed E-state index contributed by atoms with van der Waals surface area (Å²) in [5, 5.41) is 3.39. The molecule has 108 valence electrons. The quantitative estimate of drug-likeness (QED) is 0.770. The van der Waals surface area contributed by atoms with Crippen LogP contribution >= 0.6 is 0 Å². The van der Waals surface area contributed by atoms with Crippen LogP contribution in [-0.2, 0) is 17.8 Å². The Morgan fingerprint density at radius 2 is 2.26 bits per heavy atom. The van der Waals surface area contributed by atoms with Crippen LogP contribution in [0.4, 0.5) is 0 Å². The average Bonchev–Trinajstić information content (AvgIpc) is 2.85. The van der Waals surface area contributed by atoms with Crippen LogP contribution < -0.4 is 5.32 Å². The SMILES string of the molecule is COCCNCc1cncn1CC1CCCCC1C. The van der Waals surface area contributed by atoms with Crippen molar-refractivity contribution in [2.75, 3.05) is 20.3 Å². The highest BCUT2D eigenvalue weighted by Gasteiger charge is 2.22. The molecule has 0 bridgehead atoms. The second-order valence-corrected chi connectivity index (χ2v) is 5.73. The van der Waals surface area contributed by atoms with E-state index in [1.165, 1.54) is 31.4 Å². The van der Waals surface area contributed by atoms with Gasteiger partial charge < -0.3 is 14.6 Å². The van der Waals surface area contributed by atoms with Crippen LogP contribution in [0, 0.1) is 11.8 Å². The fourth-order valence-corrected chi connectivity index (χ4v) is 2.97. The zero-order valence-electron chi connectivity index (χ0n) is 12.3. The Kier molecular flexibility index (Phi) is 5.86. The Balaban J connectivity index is 1.84. The molecule has 0 radical (unpaired) electrons. The van der Waals surface area contributed by atoms with E-state index in [1.807, 2.05) is 12.5 Å². The fourth-order valence-electron chi connectivity index (χ4n) is 2.97. The summed E-state index contributed by atoms with van der Waals surface area (Å²) in [6, 6.07) is 0. The number of imidazole rings is 1. The summed E-state index contributed by atoms with van der Waals surface area (Å²) in [5.41, 5.74) is 1.29. The number of hydrogen-bond donors (Lipinski definition) is 1. The van der Waals surface area contributed by atoms with E-state index in [9.17, 15) is 0 Å². The van der Waals surface area contributed by atoms with Crippen molar-refractivity contribution in [3.63, 3.8) is 0 Å². The molecule has 1 heterocycles. The first-order valence-corrected chi connectivity index (χ1v) is 7.50. The maximum atomic E-state index is 5.04. The molecule has 1 N–H and O–H groups in total. The van der Waals surface area contributed by atoms with Crippen LogP contribution in [0.15, 0.2) is 12.5 Å². The first kappa shape index (κ1) is 14.5. The van der Waals surface area contributed by atoms with Crippen molar-refractivity contribution in [3.8, 4) is 0 Å². The van der Waals surface area contributed by atoms with Crippen LogP contribution in [0.3, 0.4) is 0 Å². The van der Waals surface area contributed by atoms with Gasteiger partial charge in [0.25, 0.3) is 0 Å². The van der Waals surface area contributed by atoms with Crippen molar-refractivity contribution < 1.29 is 4.74 Å². The van der Waals surface area contributed by atoms with Gasteiger partial charge in [-0.05, 0) is 18.3 Å². The summed E-state index contributed by atoms with van der Waals surface area (Å²) in [7, 11) is 1.73. The lowest BCUT2D eigenvalue weighted by Crippen LogP contribution is -2.24. The summed E-state index contributed by atoms with van der Waals surface area (Å²) in [4.78, 5) is 4.30. The van der Waals surface area contributed by atoms with E-state index in [-0.39, 0.29) is 0 Å². The van der Waals surface area contributed by atoms with Crippen molar-refractivity contribution in [1.82, 2.24) is 14.9 Å². The van der Waals surface area contributed by atoms with Crippen LogP contribution in [0.25, 0.3) is 0 Å². The van der Waals surface area contributed by atoms with Gasteiger partial charge in [0, 0.05) is 32.9 Å². The minimum atomic E-state index is 0.758. The van der Waals surface area contributed by atoms with Crippen molar-refractivity contribution in [2.24, 2.45) is 11.8 Å². The molecular formula is C15H27N3O. The first-order chi connectivity index (χ1) is 9.31. The molecule has 1 fully saturated rings. The molecule has 1 saturated carbocycles. The number of aromatic nitrogens is 2. The second kappa shape index (κ2) is 7.65. The first-order valence-electron chi connectivity index (χ1n) is 7.50. The molecule has 0 aliphatic heterocycles. The van der Waals surface area contributed by atoms with Gasteiger partial charge in [0.2, 0.25) is 0 Å². The molecule has 1 aromatic rings. The summed E-state index contributed by atoms with van der Waals surface area (Å²) in [6.07, 6.45) is 9.52. The van der Waals surface area contributed by atoms with Gasteiger partial charge in [0.05, 0.1) is 18.6 Å². The van der Waals surface area contributed by atoms with Gasteiger partial charge in [0.1, 0.15) is 0 Å². The van der Waals surface area contributed by atoms with E-state index < -0.39 is 0 Å².